The standard InChI is InChI=1S/C12H18N2O2S2/c1-2-3-9-18(15,16)14-11(12(13)17)10-7-5-4-6-8-10/h4-8,11,14H,2-3,9H2,1H3,(H2,13,17). The number of hydrogen-bond donors (Lipinski definition) is 2. The molecule has 18 heavy (non-hydrogen) atoms. The molecule has 0 saturated carbocycles. The molecule has 6 heteroatoms. The van der Waals surface area contributed by atoms with Gasteiger partial charge in [-0.1, -0.05) is 55.9 Å². The molecule has 3 N–H and O–H groups in total. The van der Waals surface area contributed by atoms with Crippen LogP contribution in [0.25, 0.3) is 0 Å². The van der Waals surface area contributed by atoms with Crippen LogP contribution in [0.1, 0.15) is 31.4 Å². The van der Waals surface area contributed by atoms with Crippen LogP contribution in [0.5, 0.6) is 0 Å². The van der Waals surface area contributed by atoms with Gasteiger partial charge in [-0.3, -0.25) is 0 Å². The summed E-state index contributed by atoms with van der Waals surface area (Å²) >= 11 is 4.93. The van der Waals surface area contributed by atoms with Crippen LogP contribution >= 0.6 is 12.2 Å². The van der Waals surface area contributed by atoms with E-state index < -0.39 is 16.1 Å². The molecule has 0 radical (unpaired) electrons. The molecule has 1 unspecified atom stereocenters. The molecule has 1 aromatic carbocycles. The molecule has 4 nitrogen and oxygen atoms in total. The number of nitrogens with one attached hydrogen (secondary N) is 1. The predicted octanol–water partition coefficient (Wildman–Crippen LogP) is 1.73. The largest absolute Gasteiger partial charge is 0.392 e. The summed E-state index contributed by atoms with van der Waals surface area (Å²) in [5.41, 5.74) is 6.36. The summed E-state index contributed by atoms with van der Waals surface area (Å²) in [4.78, 5) is 0.126. The summed E-state index contributed by atoms with van der Waals surface area (Å²) in [6.07, 6.45) is 1.44. The van der Waals surface area contributed by atoms with Gasteiger partial charge in [0.05, 0.1) is 16.8 Å². The fourth-order valence-electron chi connectivity index (χ4n) is 1.51. The number of nitrogens with two attached hydrogens (primary N) is 1. The lowest BCUT2D eigenvalue weighted by atomic mass is 10.1. The van der Waals surface area contributed by atoms with E-state index in [2.05, 4.69) is 4.72 Å². The zero-order chi connectivity index (χ0) is 13.6. The van der Waals surface area contributed by atoms with Crippen LogP contribution in [-0.4, -0.2) is 19.2 Å². The van der Waals surface area contributed by atoms with E-state index in [0.29, 0.717) is 6.42 Å². The van der Waals surface area contributed by atoms with Crippen LogP contribution in [0.4, 0.5) is 0 Å². The van der Waals surface area contributed by atoms with Crippen LogP contribution in [-0.2, 0) is 10.0 Å². The lowest BCUT2D eigenvalue weighted by molar-refractivity contribution is 0.574. The van der Waals surface area contributed by atoms with E-state index in [-0.39, 0.29) is 10.7 Å². The molecule has 0 aliphatic carbocycles. The van der Waals surface area contributed by atoms with E-state index in [4.69, 9.17) is 18.0 Å². The fourth-order valence-corrected chi connectivity index (χ4v) is 3.19. The van der Waals surface area contributed by atoms with Crippen LogP contribution in [0.2, 0.25) is 0 Å². The van der Waals surface area contributed by atoms with Crippen LogP contribution in [0.3, 0.4) is 0 Å². The van der Waals surface area contributed by atoms with Crippen molar-refractivity contribution in [3.05, 3.63) is 35.9 Å². The normalized spacial score (nSPS) is 13.2. The molecule has 0 amide bonds. The van der Waals surface area contributed by atoms with Gasteiger partial charge in [0, 0.05) is 0 Å². The summed E-state index contributed by atoms with van der Waals surface area (Å²) in [7, 11) is -3.35. The number of thiocarbonyl (C=S) groups is 1. The molecule has 0 fully saturated rings. The zero-order valence-corrected chi connectivity index (χ0v) is 11.9. The Kier molecular flexibility index (Phi) is 5.71. The van der Waals surface area contributed by atoms with Crippen LogP contribution in [0, 0.1) is 0 Å². The monoisotopic (exact) mass is 286 g/mol. The summed E-state index contributed by atoms with van der Waals surface area (Å²) in [6, 6.07) is 8.45. The third-order valence-corrected chi connectivity index (χ3v) is 4.14. The summed E-state index contributed by atoms with van der Waals surface area (Å²) in [5, 5.41) is 0. The number of unbranched alkanes of at least 4 members (excludes halogenated alkanes) is 1. The number of sulfonamides is 1. The molecule has 0 spiro atoms. The number of rotatable bonds is 7. The Bertz CT molecular complexity index is 486. The molecule has 1 atom stereocenters. The van der Waals surface area contributed by atoms with E-state index in [1.54, 1.807) is 12.1 Å². The molecule has 0 bridgehead atoms. The summed E-state index contributed by atoms with van der Waals surface area (Å²) < 4.78 is 26.3. The van der Waals surface area contributed by atoms with E-state index >= 15 is 0 Å². The van der Waals surface area contributed by atoms with Crippen molar-refractivity contribution in [2.24, 2.45) is 5.73 Å². The average molecular weight is 286 g/mol. The Hall–Kier alpha value is -0.980. The topological polar surface area (TPSA) is 72.2 Å². The first kappa shape index (κ1) is 15.1. The van der Waals surface area contributed by atoms with Gasteiger partial charge >= 0.3 is 0 Å². The lowest BCUT2D eigenvalue weighted by Crippen LogP contribution is -2.37. The minimum absolute atomic E-state index is 0.0927. The van der Waals surface area contributed by atoms with Crippen LogP contribution < -0.4 is 10.5 Å². The highest BCUT2D eigenvalue weighted by molar-refractivity contribution is 7.89. The number of hydrogen-bond acceptors (Lipinski definition) is 3. The summed E-state index contributed by atoms with van der Waals surface area (Å²) in [6.45, 7) is 1.94. The molecular formula is C12H18N2O2S2. The fraction of sp³-hybridized carbons (Fsp3) is 0.417. The van der Waals surface area contributed by atoms with E-state index in [1.807, 2.05) is 25.1 Å². The second-order valence-electron chi connectivity index (χ2n) is 4.04. The van der Waals surface area contributed by atoms with Crippen molar-refractivity contribution < 1.29 is 8.42 Å². The van der Waals surface area contributed by atoms with E-state index in [9.17, 15) is 8.42 Å². The Labute approximate surface area is 114 Å². The minimum Gasteiger partial charge on any atom is -0.392 e. The molecule has 1 aromatic rings. The van der Waals surface area contributed by atoms with Crippen molar-refractivity contribution in [1.29, 1.82) is 0 Å². The minimum atomic E-state index is -3.35. The van der Waals surface area contributed by atoms with Crippen molar-refractivity contribution >= 4 is 27.2 Å². The highest BCUT2D eigenvalue weighted by atomic mass is 32.2. The third-order valence-electron chi connectivity index (χ3n) is 2.48. The SMILES string of the molecule is CCCCS(=O)(=O)NC(C(N)=S)c1ccccc1. The number of benzene rings is 1. The van der Waals surface area contributed by atoms with Crippen molar-refractivity contribution in [1.82, 2.24) is 4.72 Å². The Morgan fingerprint density at radius 3 is 2.50 bits per heavy atom. The maximum Gasteiger partial charge on any atom is 0.212 e. The highest BCUT2D eigenvalue weighted by Crippen LogP contribution is 2.14. The van der Waals surface area contributed by atoms with Gasteiger partial charge in [0.2, 0.25) is 10.0 Å². The lowest BCUT2D eigenvalue weighted by Gasteiger charge is -2.17. The average Bonchev–Trinajstić information content (AvgIpc) is 2.34. The predicted molar refractivity (Wildman–Crippen MR) is 77.8 cm³/mol. The smallest absolute Gasteiger partial charge is 0.212 e. The molecule has 0 aliphatic rings. The molecule has 0 heterocycles. The first-order valence-corrected chi connectivity index (χ1v) is 7.86. The zero-order valence-electron chi connectivity index (χ0n) is 10.3. The Morgan fingerprint density at radius 1 is 1.39 bits per heavy atom. The molecule has 100 valence electrons. The molecule has 0 saturated heterocycles. The van der Waals surface area contributed by atoms with E-state index in [1.165, 1.54) is 0 Å². The Balaban J connectivity index is 2.86. The van der Waals surface area contributed by atoms with Gasteiger partial charge in [-0.2, -0.15) is 0 Å². The quantitative estimate of drug-likeness (QED) is 0.749. The van der Waals surface area contributed by atoms with Gasteiger partial charge in [-0.15, -0.1) is 0 Å². The van der Waals surface area contributed by atoms with Gasteiger partial charge < -0.3 is 5.73 Å². The van der Waals surface area contributed by atoms with Gasteiger partial charge in [-0.05, 0) is 12.0 Å². The Morgan fingerprint density at radius 2 is 2.00 bits per heavy atom. The van der Waals surface area contributed by atoms with Crippen molar-refractivity contribution in [3.8, 4) is 0 Å². The first-order valence-electron chi connectivity index (χ1n) is 5.80. The molecule has 0 aliphatic heterocycles. The summed E-state index contributed by atoms with van der Waals surface area (Å²) in [5.74, 6) is 0.0927. The molecule has 1 rings (SSSR count). The van der Waals surface area contributed by atoms with E-state index in [0.717, 1.165) is 12.0 Å². The maximum atomic E-state index is 11.9. The second kappa shape index (κ2) is 6.82. The van der Waals surface area contributed by atoms with Crippen molar-refractivity contribution in [2.45, 2.75) is 25.8 Å². The molecular weight excluding hydrogens is 268 g/mol. The van der Waals surface area contributed by atoms with Gasteiger partial charge in [0.15, 0.2) is 0 Å². The van der Waals surface area contributed by atoms with Crippen LogP contribution in [0.15, 0.2) is 30.3 Å². The van der Waals surface area contributed by atoms with Crippen molar-refractivity contribution in [3.63, 3.8) is 0 Å². The van der Waals surface area contributed by atoms with Crippen molar-refractivity contribution in [2.75, 3.05) is 5.75 Å². The molecule has 0 aromatic heterocycles. The van der Waals surface area contributed by atoms with Gasteiger partial charge in [0.1, 0.15) is 0 Å². The second-order valence-corrected chi connectivity index (χ2v) is 6.38. The maximum absolute atomic E-state index is 11.9. The first-order chi connectivity index (χ1) is 8.46. The van der Waals surface area contributed by atoms with Gasteiger partial charge in [0.25, 0.3) is 0 Å². The van der Waals surface area contributed by atoms with Gasteiger partial charge in [-0.25, -0.2) is 13.1 Å². The highest BCUT2D eigenvalue weighted by Gasteiger charge is 2.21. The third kappa shape index (κ3) is 4.72.